The van der Waals surface area contributed by atoms with Gasteiger partial charge in [0.15, 0.2) is 11.5 Å². The number of methoxy groups -OCH3 is 2. The van der Waals surface area contributed by atoms with Crippen LogP contribution < -0.4 is 15.2 Å². The van der Waals surface area contributed by atoms with Crippen molar-refractivity contribution in [1.29, 1.82) is 0 Å². The first kappa shape index (κ1) is 11.3. The van der Waals surface area contributed by atoms with E-state index in [2.05, 4.69) is 4.98 Å². The molecule has 0 fully saturated rings. The molecule has 0 saturated carbocycles. The summed E-state index contributed by atoms with van der Waals surface area (Å²) in [6, 6.07) is 5.81. The summed E-state index contributed by atoms with van der Waals surface area (Å²) in [4.78, 5) is 3.97. The van der Waals surface area contributed by atoms with Crippen LogP contribution in [0.4, 0.5) is 5.82 Å². The van der Waals surface area contributed by atoms with Crippen molar-refractivity contribution in [2.75, 3.05) is 20.0 Å². The van der Waals surface area contributed by atoms with Crippen LogP contribution in [0.1, 0.15) is 5.56 Å². The van der Waals surface area contributed by atoms with Gasteiger partial charge in [0.1, 0.15) is 5.82 Å². The maximum atomic E-state index is 5.56. The Morgan fingerprint density at radius 3 is 2.59 bits per heavy atom. The van der Waals surface area contributed by atoms with Crippen LogP contribution in [0.25, 0.3) is 0 Å². The highest BCUT2D eigenvalue weighted by molar-refractivity contribution is 5.43. The number of hydrogen-bond donors (Lipinski definition) is 1. The Morgan fingerprint density at radius 1 is 1.24 bits per heavy atom. The van der Waals surface area contributed by atoms with E-state index in [1.54, 1.807) is 26.7 Å². The van der Waals surface area contributed by atoms with Gasteiger partial charge < -0.3 is 19.8 Å². The second kappa shape index (κ2) is 4.78. The van der Waals surface area contributed by atoms with E-state index in [-0.39, 0.29) is 0 Å². The predicted molar refractivity (Wildman–Crippen MR) is 65.3 cm³/mol. The molecule has 5 nitrogen and oxygen atoms in total. The minimum Gasteiger partial charge on any atom is -0.493 e. The monoisotopic (exact) mass is 233 g/mol. The van der Waals surface area contributed by atoms with E-state index < -0.39 is 0 Å². The minimum absolute atomic E-state index is 0.519. The zero-order valence-corrected chi connectivity index (χ0v) is 9.88. The molecule has 0 amide bonds. The molecule has 0 unspecified atom stereocenters. The molecule has 1 aromatic heterocycles. The van der Waals surface area contributed by atoms with Crippen LogP contribution in [0.3, 0.4) is 0 Å². The first-order valence-electron chi connectivity index (χ1n) is 5.21. The highest BCUT2D eigenvalue weighted by Crippen LogP contribution is 2.27. The molecule has 17 heavy (non-hydrogen) atoms. The lowest BCUT2D eigenvalue weighted by molar-refractivity contribution is 0.354. The molecule has 5 heteroatoms. The van der Waals surface area contributed by atoms with Gasteiger partial charge in [-0.25, -0.2) is 4.98 Å². The number of hydrogen-bond acceptors (Lipinski definition) is 4. The zero-order valence-electron chi connectivity index (χ0n) is 9.88. The molecular formula is C12H15N3O2. The fourth-order valence-corrected chi connectivity index (χ4v) is 1.65. The standard InChI is InChI=1S/C12H15N3O2/c1-16-10-4-3-9(5-11(10)17-2)6-15-7-12(13)14-8-15/h3-5,7-8H,6,13H2,1-2H3. The number of nitrogens with two attached hydrogens (primary N) is 1. The van der Waals surface area contributed by atoms with Crippen molar-refractivity contribution in [2.45, 2.75) is 6.54 Å². The molecule has 2 N–H and O–H groups in total. The summed E-state index contributed by atoms with van der Waals surface area (Å²) in [5.41, 5.74) is 6.65. The van der Waals surface area contributed by atoms with Crippen LogP contribution in [-0.4, -0.2) is 23.8 Å². The third-order valence-electron chi connectivity index (χ3n) is 2.47. The molecule has 0 aliphatic carbocycles. The lowest BCUT2D eigenvalue weighted by Gasteiger charge is -2.09. The number of aromatic nitrogens is 2. The number of nitrogens with zero attached hydrogens (tertiary/aromatic N) is 2. The predicted octanol–water partition coefficient (Wildman–Crippen LogP) is 1.53. The van der Waals surface area contributed by atoms with Gasteiger partial charge in [0, 0.05) is 12.7 Å². The van der Waals surface area contributed by atoms with Crippen LogP contribution in [-0.2, 0) is 6.54 Å². The van der Waals surface area contributed by atoms with Crippen molar-refractivity contribution in [1.82, 2.24) is 9.55 Å². The second-order valence-electron chi connectivity index (χ2n) is 3.66. The molecule has 0 atom stereocenters. The summed E-state index contributed by atoms with van der Waals surface area (Å²) >= 11 is 0. The van der Waals surface area contributed by atoms with Crippen molar-refractivity contribution >= 4 is 5.82 Å². The van der Waals surface area contributed by atoms with Gasteiger partial charge in [-0.3, -0.25) is 0 Å². The smallest absolute Gasteiger partial charge is 0.161 e. The Labute approximate surface area is 99.8 Å². The molecule has 0 spiro atoms. The van der Waals surface area contributed by atoms with E-state index in [0.29, 0.717) is 12.4 Å². The summed E-state index contributed by atoms with van der Waals surface area (Å²) in [5, 5.41) is 0. The molecule has 0 aliphatic heterocycles. The third-order valence-corrected chi connectivity index (χ3v) is 2.47. The summed E-state index contributed by atoms with van der Waals surface area (Å²) in [6.07, 6.45) is 3.49. The van der Waals surface area contributed by atoms with E-state index >= 15 is 0 Å². The van der Waals surface area contributed by atoms with Gasteiger partial charge in [-0.15, -0.1) is 0 Å². The SMILES string of the molecule is COc1ccc(Cn2cnc(N)c2)cc1OC. The number of nitrogen functional groups attached to an aromatic ring is 1. The Morgan fingerprint density at radius 2 is 2.00 bits per heavy atom. The van der Waals surface area contributed by atoms with E-state index in [0.717, 1.165) is 17.1 Å². The Kier molecular flexibility index (Phi) is 3.18. The molecular weight excluding hydrogens is 218 g/mol. The van der Waals surface area contributed by atoms with Crippen molar-refractivity contribution in [3.63, 3.8) is 0 Å². The average molecular weight is 233 g/mol. The molecule has 0 saturated heterocycles. The minimum atomic E-state index is 0.519. The summed E-state index contributed by atoms with van der Waals surface area (Å²) in [5.74, 6) is 1.96. The maximum Gasteiger partial charge on any atom is 0.161 e. The summed E-state index contributed by atoms with van der Waals surface area (Å²) < 4.78 is 12.3. The van der Waals surface area contributed by atoms with Crippen molar-refractivity contribution < 1.29 is 9.47 Å². The molecule has 1 heterocycles. The molecule has 0 bridgehead atoms. The second-order valence-corrected chi connectivity index (χ2v) is 3.66. The highest BCUT2D eigenvalue weighted by atomic mass is 16.5. The van der Waals surface area contributed by atoms with Gasteiger partial charge in [0.25, 0.3) is 0 Å². The Balaban J connectivity index is 2.22. The topological polar surface area (TPSA) is 62.3 Å². The quantitative estimate of drug-likeness (QED) is 0.870. The fourth-order valence-electron chi connectivity index (χ4n) is 1.65. The fraction of sp³-hybridized carbons (Fsp3) is 0.250. The van der Waals surface area contributed by atoms with Gasteiger partial charge >= 0.3 is 0 Å². The lowest BCUT2D eigenvalue weighted by Crippen LogP contribution is -1.98. The average Bonchev–Trinajstić information content (AvgIpc) is 2.74. The molecule has 0 aliphatic rings. The van der Waals surface area contributed by atoms with Crippen LogP contribution >= 0.6 is 0 Å². The van der Waals surface area contributed by atoms with E-state index in [1.807, 2.05) is 22.8 Å². The van der Waals surface area contributed by atoms with Gasteiger partial charge in [-0.1, -0.05) is 6.07 Å². The number of benzene rings is 1. The Bertz CT molecular complexity index is 508. The number of anilines is 1. The van der Waals surface area contributed by atoms with E-state index in [4.69, 9.17) is 15.2 Å². The first-order valence-corrected chi connectivity index (χ1v) is 5.21. The van der Waals surface area contributed by atoms with Gasteiger partial charge in [0.2, 0.25) is 0 Å². The van der Waals surface area contributed by atoms with Crippen LogP contribution in [0.15, 0.2) is 30.7 Å². The molecule has 2 aromatic rings. The Hall–Kier alpha value is -2.17. The normalized spacial score (nSPS) is 10.2. The van der Waals surface area contributed by atoms with Crippen LogP contribution in [0.2, 0.25) is 0 Å². The van der Waals surface area contributed by atoms with Gasteiger partial charge in [-0.2, -0.15) is 0 Å². The van der Waals surface area contributed by atoms with Gasteiger partial charge in [0.05, 0.1) is 20.5 Å². The van der Waals surface area contributed by atoms with Crippen molar-refractivity contribution in [3.05, 3.63) is 36.3 Å². The molecule has 1 aromatic carbocycles. The highest BCUT2D eigenvalue weighted by Gasteiger charge is 2.05. The lowest BCUT2D eigenvalue weighted by atomic mass is 10.2. The van der Waals surface area contributed by atoms with Gasteiger partial charge in [-0.05, 0) is 17.7 Å². The molecule has 90 valence electrons. The maximum absolute atomic E-state index is 5.56. The summed E-state index contributed by atoms with van der Waals surface area (Å²) in [7, 11) is 3.24. The van der Waals surface area contributed by atoms with E-state index in [1.165, 1.54) is 0 Å². The number of imidazole rings is 1. The largest absolute Gasteiger partial charge is 0.493 e. The van der Waals surface area contributed by atoms with Crippen molar-refractivity contribution in [3.8, 4) is 11.5 Å². The van der Waals surface area contributed by atoms with Crippen LogP contribution in [0.5, 0.6) is 11.5 Å². The van der Waals surface area contributed by atoms with Crippen LogP contribution in [0, 0.1) is 0 Å². The molecule has 2 rings (SSSR count). The number of ether oxygens (including phenoxy) is 2. The number of rotatable bonds is 4. The molecule has 0 radical (unpaired) electrons. The summed E-state index contributed by atoms with van der Waals surface area (Å²) in [6.45, 7) is 0.699. The van der Waals surface area contributed by atoms with Crippen molar-refractivity contribution in [2.24, 2.45) is 0 Å². The first-order chi connectivity index (χ1) is 8.22. The third kappa shape index (κ3) is 2.50. The zero-order chi connectivity index (χ0) is 12.3. The van der Waals surface area contributed by atoms with E-state index in [9.17, 15) is 0 Å².